The van der Waals surface area contributed by atoms with Crippen molar-refractivity contribution in [3.05, 3.63) is 23.5 Å². The van der Waals surface area contributed by atoms with Crippen molar-refractivity contribution in [3.8, 4) is 0 Å². The van der Waals surface area contributed by atoms with E-state index < -0.39 is 5.97 Å². The van der Waals surface area contributed by atoms with E-state index in [1.54, 1.807) is 0 Å². The van der Waals surface area contributed by atoms with Gasteiger partial charge in [0.1, 0.15) is 0 Å². The molecule has 0 fully saturated rings. The highest BCUT2D eigenvalue weighted by molar-refractivity contribution is 5.67. The van der Waals surface area contributed by atoms with Crippen molar-refractivity contribution in [2.75, 3.05) is 6.61 Å². The van der Waals surface area contributed by atoms with Gasteiger partial charge in [-0.05, 0) is 18.1 Å². The van der Waals surface area contributed by atoms with Crippen LogP contribution in [0.2, 0.25) is 0 Å². The molecule has 0 unspecified atom stereocenters. The predicted molar refractivity (Wildman–Crippen MR) is 50.0 cm³/mol. The lowest BCUT2D eigenvalue weighted by Crippen LogP contribution is -2.16. The minimum absolute atomic E-state index is 0.191. The van der Waals surface area contributed by atoms with Gasteiger partial charge < -0.3 is 14.4 Å². The molecule has 0 atom stereocenters. The summed E-state index contributed by atoms with van der Waals surface area (Å²) in [6.07, 6.45) is 2.80. The number of fused-ring (bicyclic) bond motifs is 1. The van der Waals surface area contributed by atoms with Gasteiger partial charge in [0.05, 0.1) is 13.2 Å². The van der Waals surface area contributed by atoms with Gasteiger partial charge in [-0.2, -0.15) is 0 Å². The first-order valence-corrected chi connectivity index (χ1v) is 4.74. The summed E-state index contributed by atoms with van der Waals surface area (Å²) in [6.45, 7) is 2.24. The number of carbonyl (C=O) groups is 1. The Morgan fingerprint density at radius 2 is 2.50 bits per heavy atom. The second-order valence-corrected chi connectivity index (χ2v) is 3.43. The van der Waals surface area contributed by atoms with Crippen molar-refractivity contribution in [2.24, 2.45) is 0 Å². The van der Waals surface area contributed by atoms with E-state index in [1.165, 1.54) is 0 Å². The standard InChI is InChI=1S/C10H13NO3/c12-10(13)2-1-8-3-4-11-5-6-14-7-9(8)11/h3-4H,1-2,5-7H2,(H,12,13). The number of ether oxygens (including phenoxy) is 1. The average molecular weight is 195 g/mol. The van der Waals surface area contributed by atoms with Gasteiger partial charge in [0.2, 0.25) is 0 Å². The summed E-state index contributed by atoms with van der Waals surface area (Å²) in [7, 11) is 0. The molecule has 0 spiro atoms. The van der Waals surface area contributed by atoms with E-state index in [0.717, 1.165) is 24.4 Å². The number of aryl methyl sites for hydroxylation is 1. The molecular formula is C10H13NO3. The minimum Gasteiger partial charge on any atom is -0.481 e. The first kappa shape index (κ1) is 9.27. The number of hydrogen-bond acceptors (Lipinski definition) is 2. The monoisotopic (exact) mass is 195 g/mol. The van der Waals surface area contributed by atoms with Crippen LogP contribution in [0.15, 0.2) is 12.3 Å². The fourth-order valence-electron chi connectivity index (χ4n) is 1.74. The topological polar surface area (TPSA) is 51.5 Å². The lowest BCUT2D eigenvalue weighted by Gasteiger charge is -2.17. The van der Waals surface area contributed by atoms with Crippen molar-refractivity contribution in [1.29, 1.82) is 0 Å². The molecule has 1 N–H and O–H groups in total. The molecule has 4 heteroatoms. The Bertz CT molecular complexity index is 343. The van der Waals surface area contributed by atoms with E-state index in [2.05, 4.69) is 4.57 Å². The molecule has 1 aliphatic heterocycles. The fourth-order valence-corrected chi connectivity index (χ4v) is 1.74. The maximum Gasteiger partial charge on any atom is 0.303 e. The van der Waals surface area contributed by atoms with E-state index in [-0.39, 0.29) is 6.42 Å². The Labute approximate surface area is 82.1 Å². The molecule has 2 rings (SSSR count). The largest absolute Gasteiger partial charge is 0.481 e. The van der Waals surface area contributed by atoms with Gasteiger partial charge in [-0.3, -0.25) is 4.79 Å². The van der Waals surface area contributed by atoms with Gasteiger partial charge in [-0.15, -0.1) is 0 Å². The van der Waals surface area contributed by atoms with Gasteiger partial charge in [-0.1, -0.05) is 0 Å². The highest BCUT2D eigenvalue weighted by Crippen LogP contribution is 2.17. The van der Waals surface area contributed by atoms with Gasteiger partial charge in [0, 0.05) is 24.9 Å². The van der Waals surface area contributed by atoms with Crippen molar-refractivity contribution < 1.29 is 14.6 Å². The smallest absolute Gasteiger partial charge is 0.303 e. The van der Waals surface area contributed by atoms with Crippen LogP contribution >= 0.6 is 0 Å². The SMILES string of the molecule is O=C(O)CCc1ccn2c1COCC2. The Morgan fingerprint density at radius 3 is 3.29 bits per heavy atom. The molecule has 0 radical (unpaired) electrons. The van der Waals surface area contributed by atoms with E-state index in [1.807, 2.05) is 12.3 Å². The molecule has 1 aromatic rings. The van der Waals surface area contributed by atoms with Crippen LogP contribution in [0.1, 0.15) is 17.7 Å². The van der Waals surface area contributed by atoms with Gasteiger partial charge in [-0.25, -0.2) is 0 Å². The van der Waals surface area contributed by atoms with E-state index in [4.69, 9.17) is 9.84 Å². The summed E-state index contributed by atoms with van der Waals surface area (Å²) in [6, 6.07) is 1.99. The molecule has 0 aliphatic carbocycles. The number of carboxylic acid groups (broad SMARTS) is 1. The number of hydrogen-bond donors (Lipinski definition) is 1. The van der Waals surface area contributed by atoms with Crippen molar-refractivity contribution in [3.63, 3.8) is 0 Å². The maximum atomic E-state index is 10.4. The highest BCUT2D eigenvalue weighted by Gasteiger charge is 2.13. The second-order valence-electron chi connectivity index (χ2n) is 3.43. The zero-order valence-corrected chi connectivity index (χ0v) is 7.90. The summed E-state index contributed by atoms with van der Waals surface area (Å²) in [4.78, 5) is 10.4. The summed E-state index contributed by atoms with van der Waals surface area (Å²) in [5, 5.41) is 8.58. The molecule has 1 aliphatic rings. The number of nitrogens with zero attached hydrogens (tertiary/aromatic N) is 1. The molecule has 2 heterocycles. The van der Waals surface area contributed by atoms with E-state index in [0.29, 0.717) is 13.0 Å². The lowest BCUT2D eigenvalue weighted by atomic mass is 10.1. The summed E-state index contributed by atoms with van der Waals surface area (Å²) < 4.78 is 7.47. The molecule has 0 saturated heterocycles. The number of rotatable bonds is 3. The highest BCUT2D eigenvalue weighted by atomic mass is 16.5. The quantitative estimate of drug-likeness (QED) is 0.783. The maximum absolute atomic E-state index is 10.4. The van der Waals surface area contributed by atoms with Crippen LogP contribution in [0.3, 0.4) is 0 Å². The van der Waals surface area contributed by atoms with E-state index in [9.17, 15) is 4.79 Å². The molecule has 0 aromatic carbocycles. The molecule has 4 nitrogen and oxygen atoms in total. The van der Waals surface area contributed by atoms with Crippen LogP contribution in [-0.4, -0.2) is 22.2 Å². The van der Waals surface area contributed by atoms with Crippen LogP contribution in [0.25, 0.3) is 0 Å². The Morgan fingerprint density at radius 1 is 1.64 bits per heavy atom. The number of aromatic nitrogens is 1. The van der Waals surface area contributed by atoms with Crippen molar-refractivity contribution in [2.45, 2.75) is 26.0 Å². The minimum atomic E-state index is -0.748. The van der Waals surface area contributed by atoms with Crippen LogP contribution in [0.4, 0.5) is 0 Å². The van der Waals surface area contributed by atoms with Crippen LogP contribution < -0.4 is 0 Å². The number of aliphatic carboxylic acids is 1. The first-order chi connectivity index (χ1) is 6.77. The zero-order valence-electron chi connectivity index (χ0n) is 7.90. The summed E-state index contributed by atoms with van der Waals surface area (Å²) in [5.41, 5.74) is 2.24. The molecule has 0 amide bonds. The van der Waals surface area contributed by atoms with Crippen LogP contribution in [0, 0.1) is 0 Å². The van der Waals surface area contributed by atoms with Crippen molar-refractivity contribution in [1.82, 2.24) is 4.57 Å². The van der Waals surface area contributed by atoms with Gasteiger partial charge in [0.15, 0.2) is 0 Å². The summed E-state index contributed by atoms with van der Waals surface area (Å²) >= 11 is 0. The third kappa shape index (κ3) is 1.80. The van der Waals surface area contributed by atoms with Gasteiger partial charge in [0.25, 0.3) is 0 Å². The molecular weight excluding hydrogens is 182 g/mol. The molecule has 0 saturated carbocycles. The van der Waals surface area contributed by atoms with E-state index >= 15 is 0 Å². The van der Waals surface area contributed by atoms with Crippen molar-refractivity contribution >= 4 is 5.97 Å². The Hall–Kier alpha value is -1.29. The Balaban J connectivity index is 2.10. The molecule has 0 bridgehead atoms. The first-order valence-electron chi connectivity index (χ1n) is 4.74. The third-order valence-electron chi connectivity index (χ3n) is 2.50. The molecule has 14 heavy (non-hydrogen) atoms. The Kier molecular flexibility index (Phi) is 2.54. The molecule has 1 aromatic heterocycles. The van der Waals surface area contributed by atoms with Crippen LogP contribution in [-0.2, 0) is 29.1 Å². The number of carboxylic acids is 1. The zero-order chi connectivity index (χ0) is 9.97. The predicted octanol–water partition coefficient (Wildman–Crippen LogP) is 1.04. The fraction of sp³-hybridized carbons (Fsp3) is 0.500. The molecule has 76 valence electrons. The normalized spacial score (nSPS) is 15.1. The average Bonchev–Trinajstić information content (AvgIpc) is 2.58. The summed E-state index contributed by atoms with van der Waals surface area (Å²) in [5.74, 6) is -0.748. The lowest BCUT2D eigenvalue weighted by molar-refractivity contribution is -0.136. The van der Waals surface area contributed by atoms with Crippen LogP contribution in [0.5, 0.6) is 0 Å². The van der Waals surface area contributed by atoms with Gasteiger partial charge >= 0.3 is 5.97 Å². The second kappa shape index (κ2) is 3.84. The third-order valence-corrected chi connectivity index (χ3v) is 2.50.